The maximum Gasteiger partial charge on any atom is 0.270 e. The van der Waals surface area contributed by atoms with Crippen LogP contribution in [0.1, 0.15) is 61.5 Å². The van der Waals surface area contributed by atoms with Crippen molar-refractivity contribution in [3.8, 4) is 0 Å². The first-order chi connectivity index (χ1) is 12.2. The zero-order valence-electron chi connectivity index (χ0n) is 15.2. The summed E-state index contributed by atoms with van der Waals surface area (Å²) >= 11 is 0. The largest absolute Gasteiger partial charge is 0.337 e. The van der Waals surface area contributed by atoms with Crippen LogP contribution in [-0.2, 0) is 0 Å². The molecule has 0 saturated carbocycles. The van der Waals surface area contributed by atoms with Gasteiger partial charge in [0.25, 0.3) is 5.91 Å². The minimum atomic E-state index is -0.236. The number of carbonyl (C=O) groups excluding carboxylic acids is 1. The summed E-state index contributed by atoms with van der Waals surface area (Å²) < 4.78 is 0. The predicted molar refractivity (Wildman–Crippen MR) is 102 cm³/mol. The SMILES string of the molecule is CCCC.O=C(c1cccc(=O)[nH]1)N1CCC(c2ccccc2)CC1. The van der Waals surface area contributed by atoms with E-state index in [1.807, 2.05) is 11.0 Å². The van der Waals surface area contributed by atoms with Gasteiger partial charge in [-0.05, 0) is 30.4 Å². The summed E-state index contributed by atoms with van der Waals surface area (Å²) in [6.07, 6.45) is 4.57. The Morgan fingerprint density at radius 1 is 1.00 bits per heavy atom. The van der Waals surface area contributed by atoms with Gasteiger partial charge >= 0.3 is 0 Å². The molecule has 1 fully saturated rings. The number of piperidine rings is 1. The van der Waals surface area contributed by atoms with Crippen molar-refractivity contribution in [1.29, 1.82) is 0 Å². The molecule has 4 heteroatoms. The van der Waals surface area contributed by atoms with Gasteiger partial charge in [-0.15, -0.1) is 0 Å². The zero-order chi connectivity index (χ0) is 18.1. The first-order valence-electron chi connectivity index (χ1n) is 9.19. The molecule has 1 aromatic heterocycles. The van der Waals surface area contributed by atoms with Crippen molar-refractivity contribution in [2.24, 2.45) is 0 Å². The summed E-state index contributed by atoms with van der Waals surface area (Å²) in [6.45, 7) is 5.82. The number of nitrogens with one attached hydrogen (secondary N) is 1. The number of hydrogen-bond donors (Lipinski definition) is 1. The second kappa shape index (κ2) is 9.82. The average Bonchev–Trinajstić information content (AvgIpc) is 2.68. The Kier molecular flexibility index (Phi) is 7.45. The van der Waals surface area contributed by atoms with E-state index in [4.69, 9.17) is 0 Å². The molecular weight excluding hydrogens is 312 g/mol. The van der Waals surface area contributed by atoms with Crippen LogP contribution < -0.4 is 5.56 Å². The third kappa shape index (κ3) is 5.59. The van der Waals surface area contributed by atoms with Crippen molar-refractivity contribution in [3.63, 3.8) is 0 Å². The van der Waals surface area contributed by atoms with Gasteiger partial charge in [0.05, 0.1) is 0 Å². The van der Waals surface area contributed by atoms with Gasteiger partial charge in [-0.25, -0.2) is 0 Å². The van der Waals surface area contributed by atoms with Gasteiger partial charge in [-0.1, -0.05) is 63.1 Å². The van der Waals surface area contributed by atoms with E-state index in [0.29, 0.717) is 11.6 Å². The Labute approximate surface area is 149 Å². The van der Waals surface area contributed by atoms with Crippen LogP contribution in [0.5, 0.6) is 0 Å². The van der Waals surface area contributed by atoms with Crippen LogP contribution >= 0.6 is 0 Å². The van der Waals surface area contributed by atoms with Crippen molar-refractivity contribution in [2.75, 3.05) is 13.1 Å². The molecule has 134 valence electrons. The number of carbonyl (C=O) groups is 1. The summed E-state index contributed by atoms with van der Waals surface area (Å²) in [5, 5.41) is 0. The summed E-state index contributed by atoms with van der Waals surface area (Å²) in [5.74, 6) is 0.435. The number of rotatable bonds is 3. The van der Waals surface area contributed by atoms with E-state index < -0.39 is 0 Å². The van der Waals surface area contributed by atoms with Gasteiger partial charge in [0, 0.05) is 19.2 Å². The molecule has 2 aromatic rings. The average molecular weight is 340 g/mol. The highest BCUT2D eigenvalue weighted by Crippen LogP contribution is 2.28. The molecule has 1 aliphatic heterocycles. The number of pyridine rings is 1. The lowest BCUT2D eigenvalue weighted by Crippen LogP contribution is -2.38. The molecule has 1 saturated heterocycles. The number of H-pyrrole nitrogens is 1. The van der Waals surface area contributed by atoms with Crippen molar-refractivity contribution < 1.29 is 4.79 Å². The summed E-state index contributed by atoms with van der Waals surface area (Å²) in [4.78, 5) is 28.1. The molecule has 1 aliphatic rings. The van der Waals surface area contributed by atoms with Crippen molar-refractivity contribution in [2.45, 2.75) is 45.4 Å². The highest BCUT2D eigenvalue weighted by atomic mass is 16.2. The minimum Gasteiger partial charge on any atom is -0.337 e. The Balaban J connectivity index is 0.000000511. The number of amides is 1. The normalized spacial score (nSPS) is 14.6. The third-order valence-electron chi connectivity index (χ3n) is 4.55. The number of unbranched alkanes of at least 4 members (excludes halogenated alkanes) is 1. The molecule has 0 aliphatic carbocycles. The van der Waals surface area contributed by atoms with Crippen LogP contribution in [0.3, 0.4) is 0 Å². The first-order valence-corrected chi connectivity index (χ1v) is 9.19. The molecule has 0 radical (unpaired) electrons. The van der Waals surface area contributed by atoms with Crippen LogP contribution in [0.15, 0.2) is 53.3 Å². The number of nitrogens with zero attached hydrogens (tertiary/aromatic N) is 1. The maximum absolute atomic E-state index is 12.4. The second-order valence-electron chi connectivity index (χ2n) is 6.41. The number of hydrogen-bond acceptors (Lipinski definition) is 2. The van der Waals surface area contributed by atoms with Crippen LogP contribution in [0.4, 0.5) is 0 Å². The molecular formula is C21H28N2O2. The van der Waals surface area contributed by atoms with E-state index >= 15 is 0 Å². The lowest BCUT2D eigenvalue weighted by molar-refractivity contribution is 0.0706. The molecule has 1 aromatic carbocycles. The van der Waals surface area contributed by atoms with Gasteiger partial charge in [0.1, 0.15) is 5.69 Å². The topological polar surface area (TPSA) is 53.2 Å². The Hall–Kier alpha value is -2.36. The molecule has 0 atom stereocenters. The molecule has 1 N–H and O–H groups in total. The highest BCUT2D eigenvalue weighted by Gasteiger charge is 2.24. The Morgan fingerprint density at radius 2 is 1.64 bits per heavy atom. The summed E-state index contributed by atoms with van der Waals surface area (Å²) in [7, 11) is 0. The fourth-order valence-electron chi connectivity index (χ4n) is 2.88. The van der Waals surface area contributed by atoms with Crippen LogP contribution in [0.2, 0.25) is 0 Å². The quantitative estimate of drug-likeness (QED) is 0.910. The third-order valence-corrected chi connectivity index (χ3v) is 4.55. The molecule has 0 bridgehead atoms. The Morgan fingerprint density at radius 3 is 2.20 bits per heavy atom. The lowest BCUT2D eigenvalue weighted by Gasteiger charge is -2.32. The number of benzene rings is 1. The van der Waals surface area contributed by atoms with Crippen molar-refractivity contribution in [1.82, 2.24) is 9.88 Å². The van der Waals surface area contributed by atoms with Gasteiger partial charge in [0.15, 0.2) is 0 Å². The molecule has 0 spiro atoms. The van der Waals surface area contributed by atoms with E-state index in [1.165, 1.54) is 24.5 Å². The molecule has 0 unspecified atom stereocenters. The van der Waals surface area contributed by atoms with E-state index in [-0.39, 0.29) is 11.5 Å². The smallest absolute Gasteiger partial charge is 0.270 e. The van der Waals surface area contributed by atoms with E-state index in [0.717, 1.165) is 25.9 Å². The summed E-state index contributed by atoms with van der Waals surface area (Å²) in [5.41, 5.74) is 1.48. The van der Waals surface area contributed by atoms with Gasteiger partial charge < -0.3 is 9.88 Å². The van der Waals surface area contributed by atoms with E-state index in [1.54, 1.807) is 12.1 Å². The molecule has 3 rings (SSSR count). The Bertz CT molecular complexity index is 699. The summed E-state index contributed by atoms with van der Waals surface area (Å²) in [6, 6.07) is 15.1. The molecule has 1 amide bonds. The minimum absolute atomic E-state index is 0.0841. The molecule has 4 nitrogen and oxygen atoms in total. The standard InChI is InChI=1S/C17H18N2O2.C4H10/c20-16-8-4-7-15(18-16)17(21)19-11-9-14(10-12-19)13-5-2-1-3-6-13;1-3-4-2/h1-8,14H,9-12H2,(H,18,20);3-4H2,1-2H3. The van der Waals surface area contributed by atoms with Crippen molar-refractivity contribution in [3.05, 3.63) is 70.1 Å². The van der Waals surface area contributed by atoms with Crippen molar-refractivity contribution >= 4 is 5.91 Å². The highest BCUT2D eigenvalue weighted by molar-refractivity contribution is 5.92. The maximum atomic E-state index is 12.4. The number of likely N-dealkylation sites (tertiary alicyclic amines) is 1. The van der Waals surface area contributed by atoms with E-state index in [2.05, 4.69) is 43.1 Å². The fourth-order valence-corrected chi connectivity index (χ4v) is 2.88. The van der Waals surface area contributed by atoms with Gasteiger partial charge in [-0.3, -0.25) is 9.59 Å². The zero-order valence-corrected chi connectivity index (χ0v) is 15.2. The molecule has 2 heterocycles. The second-order valence-corrected chi connectivity index (χ2v) is 6.41. The molecule has 25 heavy (non-hydrogen) atoms. The van der Waals surface area contributed by atoms with Crippen LogP contribution in [-0.4, -0.2) is 28.9 Å². The van der Waals surface area contributed by atoms with E-state index in [9.17, 15) is 9.59 Å². The lowest BCUT2D eigenvalue weighted by atomic mass is 9.89. The van der Waals surface area contributed by atoms with Gasteiger partial charge in [-0.2, -0.15) is 0 Å². The van der Waals surface area contributed by atoms with Gasteiger partial charge in [0.2, 0.25) is 5.56 Å². The fraction of sp³-hybridized carbons (Fsp3) is 0.429. The predicted octanol–water partition coefficient (Wildman–Crippen LogP) is 4.20. The van der Waals surface area contributed by atoms with Crippen LogP contribution in [0.25, 0.3) is 0 Å². The number of aromatic amines is 1. The van der Waals surface area contributed by atoms with Crippen LogP contribution in [0, 0.1) is 0 Å². The number of aromatic nitrogens is 1. The monoisotopic (exact) mass is 340 g/mol. The first kappa shape index (κ1) is 19.0.